The molecule has 0 aromatic heterocycles. The summed E-state index contributed by atoms with van der Waals surface area (Å²) in [7, 11) is 0. The average Bonchev–Trinajstić information content (AvgIpc) is 2.64. The summed E-state index contributed by atoms with van der Waals surface area (Å²) in [5, 5.41) is 10.2. The second-order valence-electron chi connectivity index (χ2n) is 8.78. The number of hydrogen-bond donors (Lipinski definition) is 1. The minimum absolute atomic E-state index is 0.0202. The number of aliphatic hydroxyl groups is 1. The molecule has 3 aliphatic rings. The van der Waals surface area contributed by atoms with E-state index in [1.807, 2.05) is 35.2 Å². The Bertz CT molecular complexity index is 893. The standard InChI is InChI=1S/C24H27FN2O2/c25-20-12-5-4-9-19(20)13-27-21(14-28)22(17-7-2-1-3-8-17)24(27)15-26(16-24)23(29)18-10-6-11-18/h1-5,7-9,12,18,21-22,28H,6,10-11,13-16H2/t21-,22+/m1/s1. The van der Waals surface area contributed by atoms with Crippen LogP contribution in [0.3, 0.4) is 0 Å². The van der Waals surface area contributed by atoms with Crippen LogP contribution in [0.15, 0.2) is 54.6 Å². The lowest BCUT2D eigenvalue weighted by Crippen LogP contribution is -2.85. The second kappa shape index (κ2) is 7.22. The van der Waals surface area contributed by atoms with E-state index in [0.29, 0.717) is 25.2 Å². The summed E-state index contributed by atoms with van der Waals surface area (Å²) in [6, 6.07) is 17.0. The van der Waals surface area contributed by atoms with Gasteiger partial charge in [-0.05, 0) is 24.5 Å². The normalized spacial score (nSPS) is 25.9. The molecule has 2 aliphatic heterocycles. The predicted octanol–water partition coefficient (Wildman–Crippen LogP) is 3.17. The number of halogens is 1. The van der Waals surface area contributed by atoms with Crippen LogP contribution in [0.5, 0.6) is 0 Å². The highest BCUT2D eigenvalue weighted by Crippen LogP contribution is 2.55. The molecule has 2 aromatic carbocycles. The van der Waals surface area contributed by atoms with Crippen molar-refractivity contribution >= 4 is 5.91 Å². The first kappa shape index (κ1) is 18.8. The zero-order valence-electron chi connectivity index (χ0n) is 16.5. The zero-order valence-corrected chi connectivity index (χ0v) is 16.5. The molecule has 4 nitrogen and oxygen atoms in total. The molecule has 0 unspecified atom stereocenters. The van der Waals surface area contributed by atoms with Crippen LogP contribution in [0.2, 0.25) is 0 Å². The third kappa shape index (κ3) is 2.90. The number of carbonyl (C=O) groups excluding carboxylic acids is 1. The van der Waals surface area contributed by atoms with Crippen LogP contribution in [0.1, 0.15) is 36.3 Å². The third-order valence-corrected chi connectivity index (χ3v) is 7.28. The summed E-state index contributed by atoms with van der Waals surface area (Å²) in [5.41, 5.74) is 1.60. The fourth-order valence-electron chi connectivity index (χ4n) is 5.51. The maximum Gasteiger partial charge on any atom is 0.225 e. The van der Waals surface area contributed by atoms with Gasteiger partial charge in [-0.15, -0.1) is 0 Å². The summed E-state index contributed by atoms with van der Waals surface area (Å²) >= 11 is 0. The van der Waals surface area contributed by atoms with Crippen molar-refractivity contribution in [3.05, 3.63) is 71.5 Å². The van der Waals surface area contributed by atoms with Crippen LogP contribution in [0.4, 0.5) is 4.39 Å². The zero-order chi connectivity index (χ0) is 20.0. The quantitative estimate of drug-likeness (QED) is 0.847. The molecule has 1 aliphatic carbocycles. The Balaban J connectivity index is 1.43. The molecule has 2 aromatic rings. The lowest BCUT2D eigenvalue weighted by molar-refractivity contribution is -0.203. The fraction of sp³-hybridized carbons (Fsp3) is 0.458. The molecule has 0 bridgehead atoms. The van der Waals surface area contributed by atoms with E-state index in [1.54, 1.807) is 6.07 Å². The topological polar surface area (TPSA) is 43.8 Å². The SMILES string of the molecule is O=C(C1CCC1)N1CC2(C1)[C@@H](c1ccccc1)[C@@H](CO)N2Cc1ccccc1F. The lowest BCUT2D eigenvalue weighted by Gasteiger charge is -2.71. The Hall–Kier alpha value is -2.24. The van der Waals surface area contributed by atoms with Gasteiger partial charge in [0.25, 0.3) is 0 Å². The van der Waals surface area contributed by atoms with Gasteiger partial charge in [-0.3, -0.25) is 9.69 Å². The van der Waals surface area contributed by atoms with Crippen molar-refractivity contribution < 1.29 is 14.3 Å². The first-order chi connectivity index (χ1) is 14.1. The van der Waals surface area contributed by atoms with Gasteiger partial charge in [0.15, 0.2) is 0 Å². The molecular weight excluding hydrogens is 367 g/mol. The van der Waals surface area contributed by atoms with Crippen molar-refractivity contribution in [2.45, 2.75) is 43.3 Å². The van der Waals surface area contributed by atoms with Crippen molar-refractivity contribution in [3.8, 4) is 0 Å². The van der Waals surface area contributed by atoms with Crippen molar-refractivity contribution in [1.29, 1.82) is 0 Å². The smallest absolute Gasteiger partial charge is 0.225 e. The monoisotopic (exact) mass is 394 g/mol. The third-order valence-electron chi connectivity index (χ3n) is 7.28. The van der Waals surface area contributed by atoms with Crippen LogP contribution in [0, 0.1) is 11.7 Å². The molecule has 2 saturated heterocycles. The molecule has 1 N–H and O–H groups in total. The van der Waals surface area contributed by atoms with E-state index in [2.05, 4.69) is 17.0 Å². The molecule has 1 amide bonds. The fourth-order valence-corrected chi connectivity index (χ4v) is 5.51. The van der Waals surface area contributed by atoms with Gasteiger partial charge in [-0.2, -0.15) is 0 Å². The maximum absolute atomic E-state index is 14.3. The van der Waals surface area contributed by atoms with Crippen molar-refractivity contribution in [3.63, 3.8) is 0 Å². The van der Waals surface area contributed by atoms with Crippen LogP contribution in [0.25, 0.3) is 0 Å². The Kier molecular flexibility index (Phi) is 4.67. The summed E-state index contributed by atoms with van der Waals surface area (Å²) in [4.78, 5) is 17.0. The molecule has 3 fully saturated rings. The molecule has 29 heavy (non-hydrogen) atoms. The van der Waals surface area contributed by atoms with Crippen LogP contribution < -0.4 is 0 Å². The predicted molar refractivity (Wildman–Crippen MR) is 109 cm³/mol. The lowest BCUT2D eigenvalue weighted by atomic mass is 9.60. The number of hydrogen-bond acceptors (Lipinski definition) is 3. The van der Waals surface area contributed by atoms with Gasteiger partial charge in [-0.1, -0.05) is 55.0 Å². The molecule has 0 radical (unpaired) electrons. The van der Waals surface area contributed by atoms with E-state index < -0.39 is 0 Å². The van der Waals surface area contributed by atoms with E-state index in [-0.39, 0.29) is 41.7 Å². The highest BCUT2D eigenvalue weighted by Gasteiger charge is 2.66. The highest BCUT2D eigenvalue weighted by molar-refractivity contribution is 5.81. The second-order valence-corrected chi connectivity index (χ2v) is 8.78. The minimum atomic E-state index is -0.226. The molecular formula is C24H27FN2O2. The van der Waals surface area contributed by atoms with Crippen LogP contribution >= 0.6 is 0 Å². The Morgan fingerprint density at radius 1 is 1.07 bits per heavy atom. The summed E-state index contributed by atoms with van der Waals surface area (Å²) in [6.45, 7) is 1.79. The molecule has 5 heteroatoms. The highest BCUT2D eigenvalue weighted by atomic mass is 19.1. The van der Waals surface area contributed by atoms with Gasteiger partial charge in [0.1, 0.15) is 5.82 Å². The molecule has 2 heterocycles. The van der Waals surface area contributed by atoms with E-state index in [4.69, 9.17) is 0 Å². The number of nitrogens with zero attached hydrogens (tertiary/aromatic N) is 2. The van der Waals surface area contributed by atoms with Gasteiger partial charge in [0.2, 0.25) is 5.91 Å². The largest absolute Gasteiger partial charge is 0.395 e. The first-order valence-electron chi connectivity index (χ1n) is 10.6. The van der Waals surface area contributed by atoms with Gasteiger partial charge in [0, 0.05) is 43.1 Å². The van der Waals surface area contributed by atoms with Crippen molar-refractivity contribution in [2.75, 3.05) is 19.7 Å². The van der Waals surface area contributed by atoms with Crippen molar-refractivity contribution in [1.82, 2.24) is 9.80 Å². The molecule has 152 valence electrons. The van der Waals surface area contributed by atoms with Gasteiger partial charge in [-0.25, -0.2) is 4.39 Å². The van der Waals surface area contributed by atoms with E-state index in [0.717, 1.165) is 19.3 Å². The first-order valence-corrected chi connectivity index (χ1v) is 10.6. The minimum Gasteiger partial charge on any atom is -0.395 e. The number of carbonyl (C=O) groups is 1. The van der Waals surface area contributed by atoms with E-state index >= 15 is 0 Å². The Morgan fingerprint density at radius 2 is 1.76 bits per heavy atom. The molecule has 5 rings (SSSR count). The Morgan fingerprint density at radius 3 is 2.38 bits per heavy atom. The summed E-state index contributed by atoms with van der Waals surface area (Å²) in [5.74, 6) is 0.387. The van der Waals surface area contributed by atoms with Crippen molar-refractivity contribution in [2.24, 2.45) is 5.92 Å². The number of aliphatic hydroxyl groups excluding tert-OH is 1. The Labute approximate surface area is 170 Å². The van der Waals surface area contributed by atoms with Crippen LogP contribution in [-0.2, 0) is 11.3 Å². The molecule has 2 atom stereocenters. The number of benzene rings is 2. The number of amides is 1. The maximum atomic E-state index is 14.3. The molecule has 1 spiro atoms. The van der Waals surface area contributed by atoms with Gasteiger partial charge >= 0.3 is 0 Å². The van der Waals surface area contributed by atoms with Crippen LogP contribution in [-0.4, -0.2) is 52.1 Å². The summed E-state index contributed by atoms with van der Waals surface area (Å²) < 4.78 is 14.3. The summed E-state index contributed by atoms with van der Waals surface area (Å²) in [6.07, 6.45) is 3.15. The van der Waals surface area contributed by atoms with Gasteiger partial charge < -0.3 is 10.0 Å². The number of likely N-dealkylation sites (tertiary alicyclic amines) is 2. The van der Waals surface area contributed by atoms with E-state index in [9.17, 15) is 14.3 Å². The van der Waals surface area contributed by atoms with Gasteiger partial charge in [0.05, 0.1) is 12.1 Å². The molecule has 1 saturated carbocycles. The number of rotatable bonds is 5. The average molecular weight is 394 g/mol. The van der Waals surface area contributed by atoms with E-state index in [1.165, 1.54) is 11.6 Å².